The van der Waals surface area contributed by atoms with Crippen LogP contribution in [0, 0.1) is 12.8 Å². The lowest BCUT2D eigenvalue weighted by molar-refractivity contribution is 0.924. The molecule has 2 N–H and O–H groups in total. The fourth-order valence-electron chi connectivity index (χ4n) is 2.09. The highest BCUT2D eigenvalue weighted by atomic mass is 32.1. The Morgan fingerprint density at radius 2 is 2.22 bits per heavy atom. The number of nitrogens with zero attached hydrogens (tertiary/aromatic N) is 2. The molecular weight excluding hydrogens is 244 g/mol. The second-order valence-electron chi connectivity index (χ2n) is 4.97. The molecule has 2 aromatic heterocycles. The first-order valence-electron chi connectivity index (χ1n) is 6.46. The summed E-state index contributed by atoms with van der Waals surface area (Å²) in [5.41, 5.74) is 0. The molecule has 1 fully saturated rings. The van der Waals surface area contributed by atoms with Crippen molar-refractivity contribution in [2.24, 2.45) is 5.92 Å². The van der Waals surface area contributed by atoms with E-state index in [2.05, 4.69) is 47.4 Å². The molecule has 0 radical (unpaired) electrons. The minimum Gasteiger partial charge on any atom is -0.366 e. The van der Waals surface area contributed by atoms with Crippen molar-refractivity contribution < 1.29 is 0 Å². The predicted molar refractivity (Wildman–Crippen MR) is 77.5 cm³/mol. The number of aryl methyl sites for hydroxylation is 1. The van der Waals surface area contributed by atoms with E-state index in [1.807, 2.05) is 0 Å². The fourth-order valence-corrected chi connectivity index (χ4v) is 2.97. The van der Waals surface area contributed by atoms with E-state index >= 15 is 0 Å². The number of fused-ring (bicyclic) bond motifs is 1. The Kier molecular flexibility index (Phi) is 2.86. The van der Waals surface area contributed by atoms with Crippen LogP contribution in [0.15, 0.2) is 6.07 Å². The summed E-state index contributed by atoms with van der Waals surface area (Å²) in [4.78, 5) is 11.5. The van der Waals surface area contributed by atoms with Crippen LogP contribution in [0.3, 0.4) is 0 Å². The van der Waals surface area contributed by atoms with E-state index in [-0.39, 0.29) is 0 Å². The van der Waals surface area contributed by atoms with Crippen LogP contribution in [-0.4, -0.2) is 22.6 Å². The normalized spacial score (nSPS) is 22.2. The molecule has 5 heteroatoms. The van der Waals surface area contributed by atoms with Crippen LogP contribution < -0.4 is 10.6 Å². The molecule has 1 saturated carbocycles. The molecule has 0 aromatic carbocycles. The molecule has 18 heavy (non-hydrogen) atoms. The van der Waals surface area contributed by atoms with Crippen LogP contribution in [-0.2, 0) is 0 Å². The third-order valence-corrected chi connectivity index (χ3v) is 4.23. The molecule has 2 atom stereocenters. The molecule has 0 spiro atoms. The van der Waals surface area contributed by atoms with Gasteiger partial charge in [-0.15, -0.1) is 11.3 Å². The maximum absolute atomic E-state index is 4.59. The van der Waals surface area contributed by atoms with Gasteiger partial charge >= 0.3 is 0 Å². The summed E-state index contributed by atoms with van der Waals surface area (Å²) in [5, 5.41) is 7.89. The molecule has 2 heterocycles. The topological polar surface area (TPSA) is 49.8 Å². The van der Waals surface area contributed by atoms with Crippen molar-refractivity contribution in [3.63, 3.8) is 0 Å². The molecule has 1 aliphatic rings. The third kappa shape index (κ3) is 2.14. The van der Waals surface area contributed by atoms with E-state index in [0.29, 0.717) is 6.04 Å². The van der Waals surface area contributed by atoms with Gasteiger partial charge in [0.25, 0.3) is 0 Å². The van der Waals surface area contributed by atoms with Gasteiger partial charge in [0.1, 0.15) is 10.6 Å². The highest BCUT2D eigenvalue weighted by Gasteiger charge is 2.33. The number of aromatic nitrogens is 2. The largest absolute Gasteiger partial charge is 0.366 e. The molecule has 0 aliphatic heterocycles. The van der Waals surface area contributed by atoms with Crippen molar-refractivity contribution >= 4 is 33.3 Å². The molecule has 1 aliphatic carbocycles. The minimum atomic E-state index is 0.581. The summed E-state index contributed by atoms with van der Waals surface area (Å²) in [6, 6.07) is 2.75. The number of hydrogen-bond donors (Lipinski definition) is 2. The van der Waals surface area contributed by atoms with Gasteiger partial charge in [-0.2, -0.15) is 4.98 Å². The Hall–Kier alpha value is -1.36. The molecule has 0 saturated heterocycles. The van der Waals surface area contributed by atoms with Crippen molar-refractivity contribution in [2.45, 2.75) is 33.2 Å². The van der Waals surface area contributed by atoms with Gasteiger partial charge in [0.15, 0.2) is 0 Å². The predicted octanol–water partition coefficient (Wildman–Crippen LogP) is 3.25. The summed E-state index contributed by atoms with van der Waals surface area (Å²) in [6.07, 6.45) is 1.24. The maximum atomic E-state index is 4.59. The fraction of sp³-hybridized carbons (Fsp3) is 0.538. The van der Waals surface area contributed by atoms with Gasteiger partial charge in [-0.1, -0.05) is 6.92 Å². The first kappa shape index (κ1) is 11.7. The van der Waals surface area contributed by atoms with Crippen LogP contribution in [0.2, 0.25) is 0 Å². The lowest BCUT2D eigenvalue weighted by Gasteiger charge is -2.08. The van der Waals surface area contributed by atoms with Gasteiger partial charge in [-0.3, -0.25) is 0 Å². The summed E-state index contributed by atoms with van der Waals surface area (Å²) >= 11 is 1.72. The van der Waals surface area contributed by atoms with Crippen LogP contribution in [0.1, 0.15) is 25.1 Å². The summed E-state index contributed by atoms with van der Waals surface area (Å²) in [6.45, 7) is 7.28. The molecule has 2 aromatic rings. The average Bonchev–Trinajstić information content (AvgIpc) is 2.85. The summed E-state index contributed by atoms with van der Waals surface area (Å²) < 4.78 is 0. The SMILES string of the molecule is CCNc1nc(NC2CC2C)c2cc(C)sc2n1. The molecule has 96 valence electrons. The van der Waals surface area contributed by atoms with Crippen LogP contribution in [0.5, 0.6) is 0 Å². The van der Waals surface area contributed by atoms with Crippen molar-refractivity contribution in [3.8, 4) is 0 Å². The van der Waals surface area contributed by atoms with Gasteiger partial charge in [-0.05, 0) is 32.3 Å². The Labute approximate surface area is 111 Å². The first-order valence-corrected chi connectivity index (χ1v) is 7.27. The third-order valence-electron chi connectivity index (χ3n) is 3.28. The highest BCUT2D eigenvalue weighted by molar-refractivity contribution is 7.18. The Morgan fingerprint density at radius 3 is 2.89 bits per heavy atom. The molecule has 0 bridgehead atoms. The number of nitrogens with one attached hydrogen (secondary N) is 2. The highest BCUT2D eigenvalue weighted by Crippen LogP contribution is 2.36. The number of rotatable bonds is 4. The number of anilines is 2. The molecule has 3 rings (SSSR count). The standard InChI is InChI=1S/C13H18N4S/c1-4-14-13-16-11(15-10-5-7(10)2)9-6-8(3)18-12(9)17-13/h6-7,10H,4-5H2,1-3H3,(H2,14,15,16,17). The van der Waals surface area contributed by atoms with Crippen LogP contribution in [0.4, 0.5) is 11.8 Å². The van der Waals surface area contributed by atoms with Gasteiger partial charge in [0, 0.05) is 17.5 Å². The lowest BCUT2D eigenvalue weighted by atomic mass is 10.3. The molecule has 0 amide bonds. The quantitative estimate of drug-likeness (QED) is 0.888. The maximum Gasteiger partial charge on any atom is 0.226 e. The summed E-state index contributed by atoms with van der Waals surface area (Å²) in [5.74, 6) is 2.47. The first-order chi connectivity index (χ1) is 8.67. The van der Waals surface area contributed by atoms with Crippen molar-refractivity contribution in [2.75, 3.05) is 17.2 Å². The average molecular weight is 262 g/mol. The minimum absolute atomic E-state index is 0.581. The van der Waals surface area contributed by atoms with Crippen LogP contribution >= 0.6 is 11.3 Å². The van der Waals surface area contributed by atoms with E-state index in [9.17, 15) is 0 Å². The zero-order valence-electron chi connectivity index (χ0n) is 10.9. The Morgan fingerprint density at radius 1 is 1.44 bits per heavy atom. The lowest BCUT2D eigenvalue weighted by Crippen LogP contribution is -2.09. The number of thiophene rings is 1. The second kappa shape index (κ2) is 4.39. The Bertz CT molecular complexity index is 578. The zero-order valence-corrected chi connectivity index (χ0v) is 11.8. The molecule has 2 unspecified atom stereocenters. The van der Waals surface area contributed by atoms with Crippen molar-refractivity contribution in [1.82, 2.24) is 9.97 Å². The van der Waals surface area contributed by atoms with Gasteiger partial charge in [0.05, 0.1) is 5.39 Å². The van der Waals surface area contributed by atoms with Gasteiger partial charge in [-0.25, -0.2) is 4.98 Å². The van der Waals surface area contributed by atoms with Crippen molar-refractivity contribution in [3.05, 3.63) is 10.9 Å². The van der Waals surface area contributed by atoms with E-state index in [1.165, 1.54) is 11.3 Å². The molecule has 4 nitrogen and oxygen atoms in total. The van der Waals surface area contributed by atoms with E-state index in [1.54, 1.807) is 11.3 Å². The van der Waals surface area contributed by atoms with E-state index < -0.39 is 0 Å². The zero-order chi connectivity index (χ0) is 12.7. The van der Waals surface area contributed by atoms with Crippen molar-refractivity contribution in [1.29, 1.82) is 0 Å². The van der Waals surface area contributed by atoms with Crippen LogP contribution in [0.25, 0.3) is 10.2 Å². The van der Waals surface area contributed by atoms with E-state index in [0.717, 1.165) is 34.4 Å². The van der Waals surface area contributed by atoms with Gasteiger partial charge in [0.2, 0.25) is 5.95 Å². The van der Waals surface area contributed by atoms with E-state index in [4.69, 9.17) is 0 Å². The Balaban J connectivity index is 2.01. The van der Waals surface area contributed by atoms with Gasteiger partial charge < -0.3 is 10.6 Å². The summed E-state index contributed by atoms with van der Waals surface area (Å²) in [7, 11) is 0. The number of hydrogen-bond acceptors (Lipinski definition) is 5. The second-order valence-corrected chi connectivity index (χ2v) is 6.20. The molecular formula is C13H18N4S. The monoisotopic (exact) mass is 262 g/mol. The smallest absolute Gasteiger partial charge is 0.226 e.